The van der Waals surface area contributed by atoms with Crippen molar-refractivity contribution in [1.82, 2.24) is 5.32 Å². The molecule has 0 aliphatic rings. The lowest BCUT2D eigenvalue weighted by Gasteiger charge is -2.23. The van der Waals surface area contributed by atoms with Gasteiger partial charge in [0.15, 0.2) is 0 Å². The van der Waals surface area contributed by atoms with Gasteiger partial charge in [-0.05, 0) is 37.0 Å². The van der Waals surface area contributed by atoms with E-state index in [1.165, 1.54) is 12.1 Å². The average Bonchev–Trinajstić information content (AvgIpc) is 2.28. The quantitative estimate of drug-likeness (QED) is 0.800. The van der Waals surface area contributed by atoms with Crippen LogP contribution in [0.2, 0.25) is 0 Å². The van der Waals surface area contributed by atoms with Gasteiger partial charge in [0.1, 0.15) is 5.82 Å². The molecule has 2 unspecified atom stereocenters. The number of aliphatic hydroxyl groups is 1. The van der Waals surface area contributed by atoms with Gasteiger partial charge in [0.25, 0.3) is 0 Å². The fourth-order valence-electron chi connectivity index (χ4n) is 1.97. The smallest absolute Gasteiger partial charge is 0.123 e. The first kappa shape index (κ1) is 14.1. The SMILES string of the molecule is CC(C)CC(CO)NC(C)c1ccc(F)cc1. The van der Waals surface area contributed by atoms with E-state index >= 15 is 0 Å². The Kier molecular flexibility index (Phi) is 5.59. The Morgan fingerprint density at radius 1 is 1.18 bits per heavy atom. The number of aliphatic hydroxyl groups excluding tert-OH is 1. The number of halogens is 1. The van der Waals surface area contributed by atoms with Crippen LogP contribution in [0.1, 0.15) is 38.8 Å². The van der Waals surface area contributed by atoms with Crippen LogP contribution >= 0.6 is 0 Å². The third-order valence-electron chi connectivity index (χ3n) is 2.83. The van der Waals surface area contributed by atoms with Gasteiger partial charge in [-0.15, -0.1) is 0 Å². The van der Waals surface area contributed by atoms with Gasteiger partial charge < -0.3 is 10.4 Å². The maximum absolute atomic E-state index is 12.8. The molecule has 2 N–H and O–H groups in total. The molecule has 0 radical (unpaired) electrons. The second-order valence-electron chi connectivity index (χ2n) is 4.95. The largest absolute Gasteiger partial charge is 0.395 e. The zero-order valence-electron chi connectivity index (χ0n) is 10.8. The minimum absolute atomic E-state index is 0.0926. The molecular formula is C14H22FNO. The monoisotopic (exact) mass is 239 g/mol. The summed E-state index contributed by atoms with van der Waals surface area (Å²) in [7, 11) is 0. The number of rotatable bonds is 6. The highest BCUT2D eigenvalue weighted by Crippen LogP contribution is 2.15. The summed E-state index contributed by atoms with van der Waals surface area (Å²) in [6.07, 6.45) is 0.933. The molecule has 0 amide bonds. The maximum atomic E-state index is 12.8. The van der Waals surface area contributed by atoms with Gasteiger partial charge in [-0.3, -0.25) is 0 Å². The van der Waals surface area contributed by atoms with Gasteiger partial charge in [0.2, 0.25) is 0 Å². The fraction of sp³-hybridized carbons (Fsp3) is 0.571. The molecular weight excluding hydrogens is 217 g/mol. The molecule has 0 fully saturated rings. The molecule has 0 saturated heterocycles. The third kappa shape index (κ3) is 4.84. The lowest BCUT2D eigenvalue weighted by molar-refractivity contribution is 0.215. The van der Waals surface area contributed by atoms with Crippen LogP contribution in [0.25, 0.3) is 0 Å². The summed E-state index contributed by atoms with van der Waals surface area (Å²) in [6, 6.07) is 6.68. The summed E-state index contributed by atoms with van der Waals surface area (Å²) in [4.78, 5) is 0. The lowest BCUT2D eigenvalue weighted by Crippen LogP contribution is -2.35. The third-order valence-corrected chi connectivity index (χ3v) is 2.83. The topological polar surface area (TPSA) is 32.3 Å². The van der Waals surface area contributed by atoms with Crippen LogP contribution in [0.15, 0.2) is 24.3 Å². The molecule has 0 bridgehead atoms. The van der Waals surface area contributed by atoms with Crippen LogP contribution in [-0.2, 0) is 0 Å². The van der Waals surface area contributed by atoms with Gasteiger partial charge in [0.05, 0.1) is 6.61 Å². The summed E-state index contributed by atoms with van der Waals surface area (Å²) >= 11 is 0. The minimum Gasteiger partial charge on any atom is -0.395 e. The van der Waals surface area contributed by atoms with E-state index in [4.69, 9.17) is 0 Å². The zero-order valence-corrected chi connectivity index (χ0v) is 10.8. The van der Waals surface area contributed by atoms with Gasteiger partial charge in [-0.25, -0.2) is 4.39 Å². The van der Waals surface area contributed by atoms with Crippen molar-refractivity contribution in [1.29, 1.82) is 0 Å². The predicted octanol–water partition coefficient (Wildman–Crippen LogP) is 2.88. The highest BCUT2D eigenvalue weighted by molar-refractivity contribution is 5.19. The normalized spacial score (nSPS) is 14.9. The standard InChI is InChI=1S/C14H22FNO/c1-10(2)8-14(9-17)16-11(3)12-4-6-13(15)7-5-12/h4-7,10-11,14,16-17H,8-9H2,1-3H3. The van der Waals surface area contributed by atoms with E-state index in [1.807, 2.05) is 6.92 Å². The molecule has 1 aromatic rings. The van der Waals surface area contributed by atoms with Crippen LogP contribution < -0.4 is 5.32 Å². The van der Waals surface area contributed by atoms with Crippen molar-refractivity contribution < 1.29 is 9.50 Å². The van der Waals surface area contributed by atoms with Crippen LogP contribution in [0.5, 0.6) is 0 Å². The first-order chi connectivity index (χ1) is 8.02. The zero-order chi connectivity index (χ0) is 12.8. The number of hydrogen-bond acceptors (Lipinski definition) is 2. The van der Waals surface area contributed by atoms with Crippen LogP contribution in [0.3, 0.4) is 0 Å². The molecule has 1 aromatic carbocycles. The van der Waals surface area contributed by atoms with Crippen molar-refractivity contribution in [3.8, 4) is 0 Å². The Labute approximate surface area is 103 Å². The molecule has 96 valence electrons. The molecule has 0 aliphatic heterocycles. The molecule has 3 heteroatoms. The van der Waals surface area contributed by atoms with Gasteiger partial charge in [-0.1, -0.05) is 26.0 Å². The molecule has 2 atom stereocenters. The second kappa shape index (κ2) is 6.72. The van der Waals surface area contributed by atoms with E-state index in [0.29, 0.717) is 5.92 Å². The van der Waals surface area contributed by atoms with E-state index in [1.54, 1.807) is 12.1 Å². The Bertz CT molecular complexity index is 323. The minimum atomic E-state index is -0.221. The van der Waals surface area contributed by atoms with E-state index < -0.39 is 0 Å². The van der Waals surface area contributed by atoms with E-state index in [-0.39, 0.29) is 24.5 Å². The summed E-state index contributed by atoms with van der Waals surface area (Å²) in [5.41, 5.74) is 1.04. The summed E-state index contributed by atoms with van der Waals surface area (Å²) in [6.45, 7) is 6.42. The molecule has 0 heterocycles. The number of benzene rings is 1. The predicted molar refractivity (Wildman–Crippen MR) is 68.3 cm³/mol. The second-order valence-corrected chi connectivity index (χ2v) is 4.95. The van der Waals surface area contributed by atoms with Gasteiger partial charge >= 0.3 is 0 Å². The van der Waals surface area contributed by atoms with Gasteiger partial charge in [0, 0.05) is 12.1 Å². The summed E-state index contributed by atoms with van der Waals surface area (Å²) in [5, 5.41) is 12.7. The van der Waals surface area contributed by atoms with Crippen LogP contribution in [-0.4, -0.2) is 17.8 Å². The Balaban J connectivity index is 2.57. The Hall–Kier alpha value is -0.930. The summed E-state index contributed by atoms with van der Waals surface area (Å²) in [5.74, 6) is 0.321. The maximum Gasteiger partial charge on any atom is 0.123 e. The van der Waals surface area contributed by atoms with Crippen LogP contribution in [0, 0.1) is 11.7 Å². The first-order valence-corrected chi connectivity index (χ1v) is 6.15. The first-order valence-electron chi connectivity index (χ1n) is 6.15. The van der Waals surface area contributed by atoms with E-state index in [2.05, 4.69) is 19.2 Å². The molecule has 0 spiro atoms. The van der Waals surface area contributed by atoms with E-state index in [0.717, 1.165) is 12.0 Å². The molecule has 2 nitrogen and oxygen atoms in total. The van der Waals surface area contributed by atoms with Crippen molar-refractivity contribution in [2.75, 3.05) is 6.61 Å². The highest BCUT2D eigenvalue weighted by atomic mass is 19.1. The van der Waals surface area contributed by atoms with Gasteiger partial charge in [-0.2, -0.15) is 0 Å². The molecule has 0 aromatic heterocycles. The highest BCUT2D eigenvalue weighted by Gasteiger charge is 2.13. The molecule has 0 saturated carbocycles. The molecule has 17 heavy (non-hydrogen) atoms. The van der Waals surface area contributed by atoms with Crippen molar-refractivity contribution in [2.45, 2.75) is 39.3 Å². The van der Waals surface area contributed by atoms with Crippen LogP contribution in [0.4, 0.5) is 4.39 Å². The van der Waals surface area contributed by atoms with Crippen molar-refractivity contribution >= 4 is 0 Å². The fourth-order valence-corrected chi connectivity index (χ4v) is 1.97. The Morgan fingerprint density at radius 2 is 1.76 bits per heavy atom. The van der Waals surface area contributed by atoms with Crippen molar-refractivity contribution in [3.63, 3.8) is 0 Å². The molecule has 1 rings (SSSR count). The Morgan fingerprint density at radius 3 is 2.24 bits per heavy atom. The average molecular weight is 239 g/mol. The summed E-state index contributed by atoms with van der Waals surface area (Å²) < 4.78 is 12.8. The number of hydrogen-bond donors (Lipinski definition) is 2. The van der Waals surface area contributed by atoms with Crippen molar-refractivity contribution in [3.05, 3.63) is 35.6 Å². The number of nitrogens with one attached hydrogen (secondary N) is 1. The lowest BCUT2D eigenvalue weighted by atomic mass is 10.0. The van der Waals surface area contributed by atoms with E-state index in [9.17, 15) is 9.50 Å². The molecule has 0 aliphatic carbocycles. The van der Waals surface area contributed by atoms with Crippen molar-refractivity contribution in [2.24, 2.45) is 5.92 Å².